The number of hydrogen-bond donors (Lipinski definition) is 1. The number of hydrogen-bond acceptors (Lipinski definition) is 6. The number of thioether (sulfide) groups is 1. The third-order valence-electron chi connectivity index (χ3n) is 5.65. The van der Waals surface area contributed by atoms with Crippen LogP contribution in [0.25, 0.3) is 6.08 Å². The molecule has 0 saturated carbocycles. The summed E-state index contributed by atoms with van der Waals surface area (Å²) in [7, 11) is 0. The van der Waals surface area contributed by atoms with Gasteiger partial charge in [-0.1, -0.05) is 46.9 Å². The van der Waals surface area contributed by atoms with E-state index in [0.29, 0.717) is 21.8 Å². The van der Waals surface area contributed by atoms with Crippen molar-refractivity contribution in [2.75, 3.05) is 18.5 Å². The largest absolute Gasteiger partial charge is 0.490 e. The van der Waals surface area contributed by atoms with Gasteiger partial charge in [0, 0.05) is 15.7 Å². The van der Waals surface area contributed by atoms with Gasteiger partial charge in [0.25, 0.3) is 17.1 Å². The molecule has 12 heteroatoms. The number of carbonyl (C=O) groups is 3. The number of aryl methyl sites for hydroxylation is 1. The fourth-order valence-electron chi connectivity index (χ4n) is 3.69. The SMILES string of the molecule is CCOc1cc(/C=C2\SC(=O)N(Cc3ccc(F)cc3Cl)C2=O)cc(Cl)c1OCC(=O)Nc1ccc(C)c(Cl)c1. The highest BCUT2D eigenvalue weighted by Gasteiger charge is 2.35. The predicted octanol–water partition coefficient (Wildman–Crippen LogP) is 7.75. The minimum Gasteiger partial charge on any atom is -0.490 e. The van der Waals surface area contributed by atoms with Gasteiger partial charge in [-0.15, -0.1) is 0 Å². The van der Waals surface area contributed by atoms with Crippen molar-refractivity contribution < 1.29 is 28.2 Å². The molecule has 1 fully saturated rings. The number of rotatable bonds is 9. The molecule has 1 N–H and O–H groups in total. The van der Waals surface area contributed by atoms with E-state index in [1.807, 2.05) is 6.92 Å². The summed E-state index contributed by atoms with van der Waals surface area (Å²) < 4.78 is 24.7. The van der Waals surface area contributed by atoms with Crippen molar-refractivity contribution in [3.8, 4) is 11.5 Å². The minimum atomic E-state index is -0.530. The van der Waals surface area contributed by atoms with Crippen LogP contribution in [0.15, 0.2) is 53.4 Å². The molecule has 1 saturated heterocycles. The predicted molar refractivity (Wildman–Crippen MR) is 156 cm³/mol. The molecule has 3 aromatic rings. The average Bonchev–Trinajstić information content (AvgIpc) is 3.14. The van der Waals surface area contributed by atoms with E-state index in [9.17, 15) is 18.8 Å². The van der Waals surface area contributed by atoms with Crippen LogP contribution in [-0.2, 0) is 16.1 Å². The van der Waals surface area contributed by atoms with E-state index < -0.39 is 22.9 Å². The van der Waals surface area contributed by atoms with Crippen LogP contribution in [-0.4, -0.2) is 35.2 Å². The van der Waals surface area contributed by atoms with Crippen LogP contribution in [0.3, 0.4) is 0 Å². The first-order valence-corrected chi connectivity index (χ1v) is 13.8. The molecule has 0 unspecified atom stereocenters. The van der Waals surface area contributed by atoms with Crippen LogP contribution in [0.1, 0.15) is 23.6 Å². The number of ether oxygens (including phenoxy) is 2. The maximum absolute atomic E-state index is 13.4. The quantitative estimate of drug-likeness (QED) is 0.245. The maximum atomic E-state index is 13.4. The molecule has 40 heavy (non-hydrogen) atoms. The second kappa shape index (κ2) is 13.0. The summed E-state index contributed by atoms with van der Waals surface area (Å²) in [6, 6.07) is 12.0. The summed E-state index contributed by atoms with van der Waals surface area (Å²) in [5.74, 6) is -1.08. The van der Waals surface area contributed by atoms with Gasteiger partial charge >= 0.3 is 0 Å². The Kier molecular flexibility index (Phi) is 9.63. The van der Waals surface area contributed by atoms with E-state index in [2.05, 4.69) is 5.32 Å². The first-order valence-electron chi connectivity index (χ1n) is 11.9. The zero-order chi connectivity index (χ0) is 29.0. The van der Waals surface area contributed by atoms with Gasteiger partial charge in [0.2, 0.25) is 0 Å². The third kappa shape index (κ3) is 7.09. The molecule has 4 rings (SSSR count). The minimum absolute atomic E-state index is 0.101. The van der Waals surface area contributed by atoms with Gasteiger partial charge in [0.05, 0.1) is 23.1 Å². The van der Waals surface area contributed by atoms with E-state index in [1.54, 1.807) is 31.2 Å². The van der Waals surface area contributed by atoms with Crippen LogP contribution in [0.5, 0.6) is 11.5 Å². The lowest BCUT2D eigenvalue weighted by Crippen LogP contribution is -2.27. The van der Waals surface area contributed by atoms with E-state index in [0.717, 1.165) is 28.3 Å². The van der Waals surface area contributed by atoms with E-state index >= 15 is 0 Å². The van der Waals surface area contributed by atoms with Crippen LogP contribution in [0.4, 0.5) is 14.9 Å². The Morgan fingerprint density at radius 2 is 1.80 bits per heavy atom. The Labute approximate surface area is 249 Å². The average molecular weight is 624 g/mol. The van der Waals surface area contributed by atoms with Gasteiger partial charge in [-0.3, -0.25) is 19.3 Å². The molecule has 0 spiro atoms. The number of imide groups is 1. The van der Waals surface area contributed by atoms with Gasteiger partial charge in [0.1, 0.15) is 5.82 Å². The summed E-state index contributed by atoms with van der Waals surface area (Å²) in [5, 5.41) is 2.98. The lowest BCUT2D eigenvalue weighted by molar-refractivity contribution is -0.123. The van der Waals surface area contributed by atoms with E-state index in [-0.39, 0.29) is 46.2 Å². The second-order valence-electron chi connectivity index (χ2n) is 8.57. The molecular formula is C28H22Cl3FN2O5S. The Morgan fingerprint density at radius 3 is 2.50 bits per heavy atom. The summed E-state index contributed by atoms with van der Waals surface area (Å²) in [6.45, 7) is 3.45. The van der Waals surface area contributed by atoms with Crippen molar-refractivity contribution in [3.05, 3.63) is 91.0 Å². The van der Waals surface area contributed by atoms with Crippen molar-refractivity contribution in [1.82, 2.24) is 4.90 Å². The van der Waals surface area contributed by atoms with Gasteiger partial charge in [-0.2, -0.15) is 0 Å². The molecule has 3 aromatic carbocycles. The van der Waals surface area contributed by atoms with Crippen molar-refractivity contribution in [3.63, 3.8) is 0 Å². The number of anilines is 1. The van der Waals surface area contributed by atoms with E-state index in [4.69, 9.17) is 44.3 Å². The maximum Gasteiger partial charge on any atom is 0.293 e. The van der Waals surface area contributed by atoms with Gasteiger partial charge < -0.3 is 14.8 Å². The highest BCUT2D eigenvalue weighted by molar-refractivity contribution is 8.18. The molecule has 0 atom stereocenters. The highest BCUT2D eigenvalue weighted by atomic mass is 35.5. The van der Waals surface area contributed by atoms with Gasteiger partial charge in [0.15, 0.2) is 18.1 Å². The molecule has 0 bridgehead atoms. The molecule has 3 amide bonds. The van der Waals surface area contributed by atoms with Crippen LogP contribution < -0.4 is 14.8 Å². The van der Waals surface area contributed by atoms with Crippen molar-refractivity contribution in [2.24, 2.45) is 0 Å². The monoisotopic (exact) mass is 622 g/mol. The number of halogens is 4. The fourth-order valence-corrected chi connectivity index (χ4v) is 5.21. The molecule has 0 aliphatic carbocycles. The molecule has 7 nitrogen and oxygen atoms in total. The Balaban J connectivity index is 1.49. The molecule has 1 aliphatic rings. The second-order valence-corrected chi connectivity index (χ2v) is 10.8. The van der Waals surface area contributed by atoms with Crippen molar-refractivity contribution >= 4 is 75.4 Å². The summed E-state index contributed by atoms with van der Waals surface area (Å²) >= 11 is 19.4. The zero-order valence-corrected chi connectivity index (χ0v) is 24.3. The number of amides is 3. The van der Waals surface area contributed by atoms with Crippen LogP contribution >= 0.6 is 46.6 Å². The number of benzene rings is 3. The van der Waals surface area contributed by atoms with Gasteiger partial charge in [-0.25, -0.2) is 4.39 Å². The Morgan fingerprint density at radius 1 is 1.02 bits per heavy atom. The molecule has 208 valence electrons. The number of nitrogens with zero attached hydrogens (tertiary/aromatic N) is 1. The summed E-state index contributed by atoms with van der Waals surface area (Å²) in [5.41, 5.74) is 2.31. The molecule has 0 radical (unpaired) electrons. The smallest absolute Gasteiger partial charge is 0.293 e. The normalized spacial score (nSPS) is 14.2. The van der Waals surface area contributed by atoms with Crippen molar-refractivity contribution in [2.45, 2.75) is 20.4 Å². The zero-order valence-electron chi connectivity index (χ0n) is 21.2. The van der Waals surface area contributed by atoms with Crippen LogP contribution in [0, 0.1) is 12.7 Å². The Bertz CT molecular complexity index is 1530. The number of nitrogens with one attached hydrogen (secondary N) is 1. The van der Waals surface area contributed by atoms with E-state index in [1.165, 1.54) is 24.3 Å². The van der Waals surface area contributed by atoms with Crippen LogP contribution in [0.2, 0.25) is 15.1 Å². The highest BCUT2D eigenvalue weighted by Crippen LogP contribution is 2.39. The molecular weight excluding hydrogens is 602 g/mol. The summed E-state index contributed by atoms with van der Waals surface area (Å²) in [4.78, 5) is 39.2. The number of carbonyl (C=O) groups excluding carboxylic acids is 3. The third-order valence-corrected chi connectivity index (χ3v) is 7.60. The molecule has 1 heterocycles. The first-order chi connectivity index (χ1) is 19.0. The van der Waals surface area contributed by atoms with Crippen molar-refractivity contribution in [1.29, 1.82) is 0 Å². The Hall–Kier alpha value is -3.24. The molecule has 0 aromatic heterocycles. The lowest BCUT2D eigenvalue weighted by Gasteiger charge is -2.15. The fraction of sp³-hybridized carbons (Fsp3) is 0.179. The standard InChI is InChI=1S/C28H22Cl3FN2O5S/c1-3-38-23-9-16(8-22(31)26(23)39-14-25(35)33-19-7-4-15(2)20(29)12-19)10-24-27(36)34(28(37)40-24)13-17-5-6-18(32)11-21(17)30/h4-12H,3,13-14H2,1-2H3,(H,33,35)/b24-10-. The lowest BCUT2D eigenvalue weighted by atomic mass is 10.1. The topological polar surface area (TPSA) is 84.9 Å². The summed E-state index contributed by atoms with van der Waals surface area (Å²) in [6.07, 6.45) is 1.50. The molecule has 1 aliphatic heterocycles. The first kappa shape index (κ1) is 29.7. The van der Waals surface area contributed by atoms with Gasteiger partial charge in [-0.05, 0) is 84.8 Å².